The predicted octanol–water partition coefficient (Wildman–Crippen LogP) is 0.655. The molecule has 0 aromatic carbocycles. The average Bonchev–Trinajstić information content (AvgIpc) is 2.40. The van der Waals surface area contributed by atoms with Crippen LogP contribution in [0, 0.1) is 11.8 Å². The van der Waals surface area contributed by atoms with E-state index in [-0.39, 0.29) is 29.8 Å². The van der Waals surface area contributed by atoms with Crippen LogP contribution in [0.3, 0.4) is 0 Å². The maximum absolute atomic E-state index is 12.7. The van der Waals surface area contributed by atoms with Gasteiger partial charge in [-0.1, -0.05) is 27.7 Å². The van der Waals surface area contributed by atoms with Gasteiger partial charge in [0.15, 0.2) is 0 Å². The Morgan fingerprint density at radius 2 is 1.76 bits per heavy atom. The van der Waals surface area contributed by atoms with Crippen molar-refractivity contribution in [3.63, 3.8) is 0 Å². The highest BCUT2D eigenvalue weighted by molar-refractivity contribution is 5.97. The molecule has 6 nitrogen and oxygen atoms in total. The molecule has 0 bridgehead atoms. The van der Waals surface area contributed by atoms with Crippen LogP contribution in [0.4, 0.5) is 0 Å². The lowest BCUT2D eigenvalue weighted by atomic mass is 9.92. The van der Waals surface area contributed by atoms with Crippen molar-refractivity contribution in [2.45, 2.75) is 45.9 Å². The molecule has 3 unspecified atom stereocenters. The van der Waals surface area contributed by atoms with E-state index in [2.05, 4.69) is 5.32 Å². The molecular weight excluding hydrogens is 272 g/mol. The van der Waals surface area contributed by atoms with Crippen molar-refractivity contribution >= 4 is 11.8 Å². The standard InChI is InChI=1S/C15H28N2O4/c1-9(2)12-15(19)17(7-11(21-6)8-20-5)13(10(3)4)14(18)16-12/h9-13H,7-8H2,1-6H3,(H,16,18). The van der Waals surface area contributed by atoms with Crippen molar-refractivity contribution in [1.29, 1.82) is 0 Å². The van der Waals surface area contributed by atoms with Gasteiger partial charge in [0, 0.05) is 14.2 Å². The minimum atomic E-state index is -0.465. The summed E-state index contributed by atoms with van der Waals surface area (Å²) in [5, 5.41) is 2.85. The van der Waals surface area contributed by atoms with Gasteiger partial charge < -0.3 is 19.7 Å². The van der Waals surface area contributed by atoms with E-state index in [1.54, 1.807) is 19.1 Å². The Hall–Kier alpha value is -1.14. The van der Waals surface area contributed by atoms with Gasteiger partial charge in [0.05, 0.1) is 19.3 Å². The third-order valence-corrected chi connectivity index (χ3v) is 3.84. The number of ether oxygens (including phenoxy) is 2. The lowest BCUT2D eigenvalue weighted by Crippen LogP contribution is -2.67. The van der Waals surface area contributed by atoms with Crippen molar-refractivity contribution in [2.24, 2.45) is 11.8 Å². The highest BCUT2D eigenvalue weighted by atomic mass is 16.5. The zero-order valence-corrected chi connectivity index (χ0v) is 13.9. The molecule has 1 rings (SSSR count). The van der Waals surface area contributed by atoms with Gasteiger partial charge in [0.2, 0.25) is 11.8 Å². The van der Waals surface area contributed by atoms with E-state index in [1.165, 1.54) is 0 Å². The molecule has 1 saturated heterocycles. The fourth-order valence-electron chi connectivity index (χ4n) is 2.68. The molecule has 3 atom stereocenters. The predicted molar refractivity (Wildman–Crippen MR) is 79.8 cm³/mol. The topological polar surface area (TPSA) is 67.9 Å². The number of methoxy groups -OCH3 is 2. The molecule has 122 valence electrons. The summed E-state index contributed by atoms with van der Waals surface area (Å²) in [4.78, 5) is 26.7. The molecule has 0 aromatic rings. The average molecular weight is 300 g/mol. The molecule has 1 aliphatic heterocycles. The Balaban J connectivity index is 2.99. The van der Waals surface area contributed by atoms with Crippen molar-refractivity contribution in [3.05, 3.63) is 0 Å². The first-order valence-electron chi connectivity index (χ1n) is 7.46. The SMILES string of the molecule is COCC(CN1C(=O)C(C(C)C)NC(=O)C1C(C)C)OC. The van der Waals surface area contributed by atoms with E-state index in [0.717, 1.165) is 0 Å². The van der Waals surface area contributed by atoms with Crippen LogP contribution >= 0.6 is 0 Å². The van der Waals surface area contributed by atoms with Crippen LogP contribution in [-0.2, 0) is 19.1 Å². The van der Waals surface area contributed by atoms with E-state index in [1.807, 2.05) is 27.7 Å². The van der Waals surface area contributed by atoms with Crippen LogP contribution < -0.4 is 5.32 Å². The molecule has 0 aliphatic carbocycles. The number of carbonyl (C=O) groups is 2. The van der Waals surface area contributed by atoms with Gasteiger partial charge in [-0.3, -0.25) is 9.59 Å². The number of hydrogen-bond donors (Lipinski definition) is 1. The molecule has 1 aliphatic rings. The van der Waals surface area contributed by atoms with Crippen molar-refractivity contribution in [2.75, 3.05) is 27.4 Å². The first-order valence-corrected chi connectivity index (χ1v) is 7.46. The number of piperazine rings is 1. The fourth-order valence-corrected chi connectivity index (χ4v) is 2.68. The lowest BCUT2D eigenvalue weighted by molar-refractivity contribution is -0.155. The summed E-state index contributed by atoms with van der Waals surface area (Å²) in [6.07, 6.45) is -0.237. The Morgan fingerprint density at radius 3 is 2.19 bits per heavy atom. The first kappa shape index (κ1) is 17.9. The molecule has 0 radical (unpaired) electrons. The largest absolute Gasteiger partial charge is 0.382 e. The van der Waals surface area contributed by atoms with E-state index in [0.29, 0.717) is 13.2 Å². The number of nitrogens with one attached hydrogen (secondary N) is 1. The van der Waals surface area contributed by atoms with E-state index in [9.17, 15) is 9.59 Å². The van der Waals surface area contributed by atoms with Gasteiger partial charge in [0.25, 0.3) is 0 Å². The monoisotopic (exact) mass is 300 g/mol. The Kier molecular flexibility index (Phi) is 6.61. The van der Waals surface area contributed by atoms with Crippen LogP contribution in [0.1, 0.15) is 27.7 Å². The molecule has 1 fully saturated rings. The van der Waals surface area contributed by atoms with Crippen LogP contribution in [0.2, 0.25) is 0 Å². The molecule has 21 heavy (non-hydrogen) atoms. The highest BCUT2D eigenvalue weighted by Crippen LogP contribution is 2.21. The van der Waals surface area contributed by atoms with Gasteiger partial charge in [-0.15, -0.1) is 0 Å². The summed E-state index contributed by atoms with van der Waals surface area (Å²) in [5.74, 6) is -0.0281. The third-order valence-electron chi connectivity index (χ3n) is 3.84. The van der Waals surface area contributed by atoms with E-state index >= 15 is 0 Å². The molecule has 1 N–H and O–H groups in total. The number of hydrogen-bond acceptors (Lipinski definition) is 4. The second kappa shape index (κ2) is 7.75. The summed E-state index contributed by atoms with van der Waals surface area (Å²) in [6.45, 7) is 8.50. The minimum absolute atomic E-state index is 0.0403. The summed E-state index contributed by atoms with van der Waals surface area (Å²) in [6, 6.07) is -0.922. The first-order chi connectivity index (χ1) is 9.83. The molecule has 0 saturated carbocycles. The molecule has 6 heteroatoms. The van der Waals surface area contributed by atoms with Crippen LogP contribution in [0.15, 0.2) is 0 Å². The molecule has 2 amide bonds. The zero-order valence-electron chi connectivity index (χ0n) is 13.9. The van der Waals surface area contributed by atoms with Gasteiger partial charge in [0.1, 0.15) is 12.1 Å². The normalized spacial score (nSPS) is 24.7. The lowest BCUT2D eigenvalue weighted by Gasteiger charge is -2.43. The van der Waals surface area contributed by atoms with Crippen LogP contribution in [0.5, 0.6) is 0 Å². The number of nitrogens with zero attached hydrogens (tertiary/aromatic N) is 1. The molecule has 0 spiro atoms. The second-order valence-corrected chi connectivity index (χ2v) is 6.22. The highest BCUT2D eigenvalue weighted by Gasteiger charge is 2.43. The Bertz CT molecular complexity index is 371. The molecule has 1 heterocycles. The Labute approximate surface area is 127 Å². The summed E-state index contributed by atoms with van der Waals surface area (Å²) in [7, 11) is 3.18. The van der Waals surface area contributed by atoms with Crippen molar-refractivity contribution in [3.8, 4) is 0 Å². The zero-order chi connectivity index (χ0) is 16.2. The van der Waals surface area contributed by atoms with E-state index in [4.69, 9.17) is 9.47 Å². The van der Waals surface area contributed by atoms with Gasteiger partial charge >= 0.3 is 0 Å². The summed E-state index contributed by atoms with van der Waals surface area (Å²) < 4.78 is 10.5. The van der Waals surface area contributed by atoms with Crippen LogP contribution in [0.25, 0.3) is 0 Å². The minimum Gasteiger partial charge on any atom is -0.382 e. The summed E-state index contributed by atoms with van der Waals surface area (Å²) >= 11 is 0. The maximum Gasteiger partial charge on any atom is 0.246 e. The van der Waals surface area contributed by atoms with Gasteiger partial charge in [-0.2, -0.15) is 0 Å². The van der Waals surface area contributed by atoms with Crippen molar-refractivity contribution < 1.29 is 19.1 Å². The molecule has 0 aromatic heterocycles. The summed E-state index contributed by atoms with van der Waals surface area (Å²) in [5.41, 5.74) is 0. The van der Waals surface area contributed by atoms with Crippen LogP contribution in [-0.4, -0.2) is 62.3 Å². The van der Waals surface area contributed by atoms with Gasteiger partial charge in [-0.05, 0) is 11.8 Å². The fraction of sp³-hybridized carbons (Fsp3) is 0.867. The smallest absolute Gasteiger partial charge is 0.246 e. The van der Waals surface area contributed by atoms with Crippen molar-refractivity contribution in [1.82, 2.24) is 10.2 Å². The molecular formula is C15H28N2O4. The quantitative estimate of drug-likeness (QED) is 0.750. The number of amides is 2. The van der Waals surface area contributed by atoms with E-state index < -0.39 is 12.1 Å². The van der Waals surface area contributed by atoms with Gasteiger partial charge in [-0.25, -0.2) is 0 Å². The third kappa shape index (κ3) is 4.17. The second-order valence-electron chi connectivity index (χ2n) is 6.22. The Morgan fingerprint density at radius 1 is 1.14 bits per heavy atom. The number of rotatable bonds is 7. The number of carbonyl (C=O) groups excluding carboxylic acids is 2. The maximum atomic E-state index is 12.7.